The van der Waals surface area contributed by atoms with E-state index in [4.69, 9.17) is 4.74 Å². The van der Waals surface area contributed by atoms with E-state index in [0.717, 1.165) is 6.42 Å². The van der Waals surface area contributed by atoms with Crippen LogP contribution >= 0.6 is 0 Å². The Labute approximate surface area is 134 Å². The summed E-state index contributed by atoms with van der Waals surface area (Å²) in [5.41, 5.74) is 0.434. The summed E-state index contributed by atoms with van der Waals surface area (Å²) >= 11 is 0. The minimum absolute atomic E-state index is 0.0111. The van der Waals surface area contributed by atoms with E-state index in [1.54, 1.807) is 13.8 Å². The quantitative estimate of drug-likeness (QED) is 0.553. The Balaban J connectivity index is 2.48. The summed E-state index contributed by atoms with van der Waals surface area (Å²) in [4.78, 5) is 33.6. The summed E-state index contributed by atoms with van der Waals surface area (Å²) in [5, 5.41) is 15.9. The predicted molar refractivity (Wildman–Crippen MR) is 84.2 cm³/mol. The molecule has 0 aliphatic heterocycles. The van der Waals surface area contributed by atoms with Gasteiger partial charge in [-0.3, -0.25) is 19.7 Å². The van der Waals surface area contributed by atoms with Gasteiger partial charge in [0.15, 0.2) is 6.61 Å². The van der Waals surface area contributed by atoms with Gasteiger partial charge in [0.25, 0.3) is 11.6 Å². The van der Waals surface area contributed by atoms with Gasteiger partial charge in [0.05, 0.1) is 4.92 Å². The Hall–Kier alpha value is -2.64. The van der Waals surface area contributed by atoms with Crippen molar-refractivity contribution in [3.8, 4) is 5.75 Å². The van der Waals surface area contributed by atoms with Crippen LogP contribution < -0.4 is 15.4 Å². The van der Waals surface area contributed by atoms with Crippen LogP contribution in [-0.4, -0.2) is 35.9 Å². The molecule has 0 radical (unpaired) electrons. The van der Waals surface area contributed by atoms with Gasteiger partial charge in [-0.2, -0.15) is 0 Å². The SMILES string of the molecule is CCCNC(=O)[C@H](C)NC(=O)COc1ccc([N+](=O)[O-])c(C)c1. The van der Waals surface area contributed by atoms with Crippen molar-refractivity contribution < 1.29 is 19.2 Å². The molecule has 1 rings (SSSR count). The molecule has 2 N–H and O–H groups in total. The molecule has 8 heteroatoms. The van der Waals surface area contributed by atoms with Crippen molar-refractivity contribution in [3.63, 3.8) is 0 Å². The van der Waals surface area contributed by atoms with Gasteiger partial charge in [-0.15, -0.1) is 0 Å². The zero-order chi connectivity index (χ0) is 17.4. The average molecular weight is 323 g/mol. The van der Waals surface area contributed by atoms with Gasteiger partial charge in [-0.1, -0.05) is 6.92 Å². The van der Waals surface area contributed by atoms with E-state index in [2.05, 4.69) is 10.6 Å². The molecule has 0 aromatic heterocycles. The highest BCUT2D eigenvalue weighted by Gasteiger charge is 2.16. The third kappa shape index (κ3) is 5.93. The number of aryl methyl sites for hydroxylation is 1. The molecule has 0 fully saturated rings. The maximum Gasteiger partial charge on any atom is 0.272 e. The minimum Gasteiger partial charge on any atom is -0.484 e. The van der Waals surface area contributed by atoms with E-state index in [1.165, 1.54) is 18.2 Å². The summed E-state index contributed by atoms with van der Waals surface area (Å²) in [6, 6.07) is 3.58. The van der Waals surface area contributed by atoms with Crippen LogP contribution in [0.2, 0.25) is 0 Å². The number of nitro groups is 1. The van der Waals surface area contributed by atoms with E-state index in [9.17, 15) is 19.7 Å². The number of hydrogen-bond donors (Lipinski definition) is 2. The van der Waals surface area contributed by atoms with Crippen molar-refractivity contribution in [2.24, 2.45) is 0 Å². The molecule has 1 aromatic rings. The van der Waals surface area contributed by atoms with Crippen LogP contribution in [0.1, 0.15) is 25.8 Å². The Morgan fingerprint density at radius 3 is 2.65 bits per heavy atom. The zero-order valence-electron chi connectivity index (χ0n) is 13.4. The van der Waals surface area contributed by atoms with Crippen molar-refractivity contribution in [2.45, 2.75) is 33.2 Å². The molecule has 0 aliphatic carbocycles. The van der Waals surface area contributed by atoms with Gasteiger partial charge in [0.1, 0.15) is 11.8 Å². The standard InChI is InChI=1S/C15H21N3O5/c1-4-7-16-15(20)11(3)17-14(19)9-23-12-5-6-13(18(21)22)10(2)8-12/h5-6,8,11H,4,7,9H2,1-3H3,(H,16,20)(H,17,19)/t11-/m0/s1. The van der Waals surface area contributed by atoms with Crippen LogP contribution in [0.15, 0.2) is 18.2 Å². The smallest absolute Gasteiger partial charge is 0.272 e. The maximum atomic E-state index is 11.7. The molecule has 0 unspecified atom stereocenters. The molecule has 0 saturated carbocycles. The number of benzene rings is 1. The number of nitro benzene ring substituents is 1. The van der Waals surface area contributed by atoms with Crippen LogP contribution in [0.25, 0.3) is 0 Å². The lowest BCUT2D eigenvalue weighted by Crippen LogP contribution is -2.46. The molecule has 0 spiro atoms. The fourth-order valence-corrected chi connectivity index (χ4v) is 1.82. The largest absolute Gasteiger partial charge is 0.484 e. The molecule has 0 saturated heterocycles. The second kappa shape index (κ2) is 8.72. The lowest BCUT2D eigenvalue weighted by atomic mass is 10.2. The number of nitrogens with one attached hydrogen (secondary N) is 2. The van der Waals surface area contributed by atoms with Crippen LogP contribution in [0.4, 0.5) is 5.69 Å². The number of hydrogen-bond acceptors (Lipinski definition) is 5. The van der Waals surface area contributed by atoms with Crippen LogP contribution in [0.3, 0.4) is 0 Å². The van der Waals surface area contributed by atoms with Gasteiger partial charge >= 0.3 is 0 Å². The van der Waals surface area contributed by atoms with Gasteiger partial charge in [-0.25, -0.2) is 0 Å². The fourth-order valence-electron chi connectivity index (χ4n) is 1.82. The molecule has 8 nitrogen and oxygen atoms in total. The van der Waals surface area contributed by atoms with Gasteiger partial charge < -0.3 is 15.4 Å². The monoisotopic (exact) mass is 323 g/mol. The van der Waals surface area contributed by atoms with Crippen molar-refractivity contribution in [2.75, 3.05) is 13.2 Å². The van der Waals surface area contributed by atoms with Gasteiger partial charge in [-0.05, 0) is 32.4 Å². The van der Waals surface area contributed by atoms with Crippen LogP contribution in [0.5, 0.6) is 5.75 Å². The summed E-state index contributed by atoms with van der Waals surface area (Å²) in [6.45, 7) is 5.38. The first-order valence-electron chi connectivity index (χ1n) is 7.30. The number of ether oxygens (including phenoxy) is 1. The minimum atomic E-state index is -0.656. The lowest BCUT2D eigenvalue weighted by Gasteiger charge is -2.14. The molecule has 2 amide bonds. The first-order chi connectivity index (χ1) is 10.8. The highest BCUT2D eigenvalue weighted by Crippen LogP contribution is 2.22. The van der Waals surface area contributed by atoms with Crippen molar-refractivity contribution in [1.29, 1.82) is 0 Å². The number of nitrogens with zero attached hydrogens (tertiary/aromatic N) is 1. The maximum absolute atomic E-state index is 11.7. The number of rotatable bonds is 8. The fraction of sp³-hybridized carbons (Fsp3) is 0.467. The zero-order valence-corrected chi connectivity index (χ0v) is 13.4. The summed E-state index contributed by atoms with van der Waals surface area (Å²) in [7, 11) is 0. The van der Waals surface area contributed by atoms with Crippen molar-refractivity contribution in [1.82, 2.24) is 10.6 Å². The number of carbonyl (C=O) groups is 2. The van der Waals surface area contributed by atoms with E-state index in [1.807, 2.05) is 6.92 Å². The summed E-state index contributed by atoms with van der Waals surface area (Å²) in [6.07, 6.45) is 0.814. The highest BCUT2D eigenvalue weighted by molar-refractivity contribution is 5.87. The molecular formula is C15H21N3O5. The molecule has 0 heterocycles. The van der Waals surface area contributed by atoms with Crippen LogP contribution in [-0.2, 0) is 9.59 Å². The molecular weight excluding hydrogens is 302 g/mol. The molecule has 1 atom stereocenters. The Bertz CT molecular complexity index is 588. The van der Waals surface area contributed by atoms with E-state index < -0.39 is 16.9 Å². The van der Waals surface area contributed by atoms with Gasteiger partial charge in [0, 0.05) is 18.2 Å². The first-order valence-corrected chi connectivity index (χ1v) is 7.30. The Kier molecular flexibility index (Phi) is 6.98. The van der Waals surface area contributed by atoms with Crippen molar-refractivity contribution >= 4 is 17.5 Å². The molecule has 126 valence electrons. The summed E-state index contributed by atoms with van der Waals surface area (Å²) < 4.78 is 5.28. The third-order valence-electron chi connectivity index (χ3n) is 3.05. The molecule has 0 bridgehead atoms. The predicted octanol–water partition coefficient (Wildman–Crippen LogP) is 1.31. The van der Waals surface area contributed by atoms with E-state index in [0.29, 0.717) is 17.9 Å². The molecule has 23 heavy (non-hydrogen) atoms. The lowest BCUT2D eigenvalue weighted by molar-refractivity contribution is -0.385. The first kappa shape index (κ1) is 18.4. The topological polar surface area (TPSA) is 111 Å². The van der Waals surface area contributed by atoms with Crippen LogP contribution in [0, 0.1) is 17.0 Å². The van der Waals surface area contributed by atoms with E-state index >= 15 is 0 Å². The molecule has 0 aliphatic rings. The summed E-state index contributed by atoms with van der Waals surface area (Å²) in [5.74, 6) is -0.349. The highest BCUT2D eigenvalue weighted by atomic mass is 16.6. The van der Waals surface area contributed by atoms with Gasteiger partial charge in [0.2, 0.25) is 5.91 Å². The molecule has 1 aromatic carbocycles. The normalized spacial score (nSPS) is 11.4. The third-order valence-corrected chi connectivity index (χ3v) is 3.05. The van der Waals surface area contributed by atoms with E-state index in [-0.39, 0.29) is 18.2 Å². The second-order valence-corrected chi connectivity index (χ2v) is 5.07. The average Bonchev–Trinajstić information content (AvgIpc) is 2.50. The Morgan fingerprint density at radius 2 is 2.09 bits per heavy atom. The number of amides is 2. The number of carbonyl (C=O) groups excluding carboxylic acids is 2. The van der Waals surface area contributed by atoms with Crippen molar-refractivity contribution in [3.05, 3.63) is 33.9 Å². The Morgan fingerprint density at radius 1 is 1.39 bits per heavy atom. The second-order valence-electron chi connectivity index (χ2n) is 5.07.